The molecule has 0 spiro atoms. The number of hydrogen-bond donors (Lipinski definition) is 1. The molecule has 0 atom stereocenters. The lowest BCUT2D eigenvalue weighted by Crippen LogP contribution is -2.26. The van der Waals surface area contributed by atoms with Gasteiger partial charge < -0.3 is 9.67 Å². The summed E-state index contributed by atoms with van der Waals surface area (Å²) in [6, 6.07) is 3.04. The Balaban J connectivity index is 3.42. The summed E-state index contributed by atoms with van der Waals surface area (Å²) in [6.45, 7) is 3.91. The van der Waals surface area contributed by atoms with Crippen LogP contribution in [0.2, 0.25) is 0 Å². The van der Waals surface area contributed by atoms with E-state index in [0.717, 1.165) is 5.69 Å². The van der Waals surface area contributed by atoms with Crippen LogP contribution in [0.15, 0.2) is 16.9 Å². The molecule has 1 rings (SSSR count). The molecule has 0 aliphatic heterocycles. The summed E-state index contributed by atoms with van der Waals surface area (Å²) in [4.78, 5) is 22.2. The molecule has 4 heteroatoms. The Bertz CT molecular complexity index is 418. The molecule has 0 aliphatic carbocycles. The zero-order valence-electron chi connectivity index (χ0n) is 8.44. The highest BCUT2D eigenvalue weighted by Gasteiger charge is 2.12. The topological polar surface area (TPSA) is 59.3 Å². The van der Waals surface area contributed by atoms with Gasteiger partial charge in [0.2, 0.25) is 0 Å². The van der Waals surface area contributed by atoms with Crippen molar-refractivity contribution in [2.45, 2.75) is 19.8 Å². The normalized spacial score (nSPS) is 10.6. The zero-order chi connectivity index (χ0) is 10.9. The highest BCUT2D eigenvalue weighted by molar-refractivity contribution is 5.87. The van der Waals surface area contributed by atoms with Crippen molar-refractivity contribution in [3.63, 3.8) is 0 Å². The number of hydrogen-bond acceptors (Lipinski definition) is 2. The van der Waals surface area contributed by atoms with Crippen LogP contribution in [0.3, 0.4) is 0 Å². The van der Waals surface area contributed by atoms with E-state index in [9.17, 15) is 9.59 Å². The maximum absolute atomic E-state index is 11.5. The van der Waals surface area contributed by atoms with Crippen molar-refractivity contribution in [1.82, 2.24) is 4.57 Å². The first-order chi connectivity index (χ1) is 6.45. The van der Waals surface area contributed by atoms with Gasteiger partial charge >= 0.3 is 5.97 Å². The summed E-state index contributed by atoms with van der Waals surface area (Å²) in [6.07, 6.45) is 0. The van der Waals surface area contributed by atoms with Gasteiger partial charge in [0.25, 0.3) is 5.56 Å². The fraction of sp³-hybridized carbons (Fsp3) is 0.400. The van der Waals surface area contributed by atoms with Crippen molar-refractivity contribution in [3.05, 3.63) is 33.7 Å². The number of aromatic carboxylic acids is 1. The Morgan fingerprint density at radius 2 is 2.00 bits per heavy atom. The smallest absolute Gasteiger partial charge is 0.341 e. The molecule has 0 saturated heterocycles. The van der Waals surface area contributed by atoms with E-state index in [4.69, 9.17) is 5.11 Å². The molecule has 14 heavy (non-hydrogen) atoms. The summed E-state index contributed by atoms with van der Waals surface area (Å²) in [5.74, 6) is -0.976. The van der Waals surface area contributed by atoms with E-state index in [-0.39, 0.29) is 11.5 Å². The van der Waals surface area contributed by atoms with Crippen LogP contribution in [0.25, 0.3) is 0 Å². The predicted octanol–water partition coefficient (Wildman–Crippen LogP) is 1.21. The van der Waals surface area contributed by atoms with Gasteiger partial charge in [0.15, 0.2) is 0 Å². The summed E-state index contributed by atoms with van der Waals surface area (Å²) in [7, 11) is 1.59. The standard InChI is InChI=1S/C10H13NO3/c1-6(2)8-5-4-7(10(13)14)9(12)11(8)3/h4-6H,1-3H3,(H,13,14). The Kier molecular flexibility index (Phi) is 2.74. The van der Waals surface area contributed by atoms with E-state index in [1.54, 1.807) is 13.1 Å². The number of nitrogens with zero attached hydrogens (tertiary/aromatic N) is 1. The van der Waals surface area contributed by atoms with Gasteiger partial charge in [-0.2, -0.15) is 0 Å². The molecule has 0 aromatic carbocycles. The van der Waals surface area contributed by atoms with Crippen molar-refractivity contribution in [3.8, 4) is 0 Å². The second kappa shape index (κ2) is 3.65. The largest absolute Gasteiger partial charge is 0.477 e. The fourth-order valence-electron chi connectivity index (χ4n) is 1.39. The minimum Gasteiger partial charge on any atom is -0.477 e. The third-order valence-electron chi connectivity index (χ3n) is 2.17. The third-order valence-corrected chi connectivity index (χ3v) is 2.17. The van der Waals surface area contributed by atoms with E-state index in [1.807, 2.05) is 13.8 Å². The number of rotatable bonds is 2. The van der Waals surface area contributed by atoms with Crippen molar-refractivity contribution >= 4 is 5.97 Å². The second-order valence-corrected chi connectivity index (χ2v) is 3.50. The number of carboxylic acid groups (broad SMARTS) is 1. The molecule has 0 fully saturated rings. The van der Waals surface area contributed by atoms with Crippen LogP contribution >= 0.6 is 0 Å². The SMILES string of the molecule is CC(C)c1ccc(C(=O)O)c(=O)n1C. The molecule has 0 saturated carbocycles. The van der Waals surface area contributed by atoms with E-state index < -0.39 is 11.5 Å². The first-order valence-electron chi connectivity index (χ1n) is 4.38. The Morgan fingerprint density at radius 1 is 1.43 bits per heavy atom. The summed E-state index contributed by atoms with van der Waals surface area (Å²) >= 11 is 0. The van der Waals surface area contributed by atoms with Crippen molar-refractivity contribution in [2.24, 2.45) is 7.05 Å². The van der Waals surface area contributed by atoms with Gasteiger partial charge in [0.1, 0.15) is 5.56 Å². The van der Waals surface area contributed by atoms with Crippen LogP contribution in [0.4, 0.5) is 0 Å². The second-order valence-electron chi connectivity index (χ2n) is 3.50. The van der Waals surface area contributed by atoms with Gasteiger partial charge in [-0.3, -0.25) is 4.79 Å². The molecule has 76 valence electrons. The van der Waals surface area contributed by atoms with Crippen LogP contribution in [0.5, 0.6) is 0 Å². The molecule has 1 aromatic rings. The highest BCUT2D eigenvalue weighted by atomic mass is 16.4. The van der Waals surface area contributed by atoms with Gasteiger partial charge in [-0.05, 0) is 18.1 Å². The molecule has 0 unspecified atom stereocenters. The summed E-state index contributed by atoms with van der Waals surface area (Å²) < 4.78 is 1.38. The lowest BCUT2D eigenvalue weighted by molar-refractivity contribution is 0.0694. The van der Waals surface area contributed by atoms with Crippen LogP contribution < -0.4 is 5.56 Å². The molecule has 1 N–H and O–H groups in total. The third kappa shape index (κ3) is 1.69. The van der Waals surface area contributed by atoms with Crippen molar-refractivity contribution < 1.29 is 9.90 Å². The monoisotopic (exact) mass is 195 g/mol. The lowest BCUT2D eigenvalue weighted by atomic mass is 10.1. The van der Waals surface area contributed by atoms with E-state index >= 15 is 0 Å². The van der Waals surface area contributed by atoms with Crippen LogP contribution in [0.1, 0.15) is 35.8 Å². The van der Waals surface area contributed by atoms with Crippen molar-refractivity contribution in [1.29, 1.82) is 0 Å². The average Bonchev–Trinajstić information content (AvgIpc) is 2.08. The minimum atomic E-state index is -1.18. The van der Waals surface area contributed by atoms with Crippen LogP contribution in [-0.4, -0.2) is 15.6 Å². The molecule has 1 heterocycles. The molecule has 4 nitrogen and oxygen atoms in total. The van der Waals surface area contributed by atoms with E-state index in [0.29, 0.717) is 0 Å². The molecule has 0 amide bonds. The first-order valence-corrected chi connectivity index (χ1v) is 4.38. The summed E-state index contributed by atoms with van der Waals surface area (Å²) in [5, 5.41) is 8.71. The van der Waals surface area contributed by atoms with Crippen LogP contribution in [0, 0.1) is 0 Å². The average molecular weight is 195 g/mol. The van der Waals surface area contributed by atoms with Crippen LogP contribution in [-0.2, 0) is 7.05 Å². The van der Waals surface area contributed by atoms with Gasteiger partial charge in [-0.15, -0.1) is 0 Å². The highest BCUT2D eigenvalue weighted by Crippen LogP contribution is 2.11. The molecule has 1 aromatic heterocycles. The Hall–Kier alpha value is -1.58. The molecular formula is C10H13NO3. The minimum absolute atomic E-state index is 0.183. The van der Waals surface area contributed by atoms with E-state index in [2.05, 4.69) is 0 Å². The zero-order valence-corrected chi connectivity index (χ0v) is 8.44. The number of pyridine rings is 1. The first kappa shape index (κ1) is 10.5. The van der Waals surface area contributed by atoms with Gasteiger partial charge in [0.05, 0.1) is 0 Å². The molecule has 0 aliphatic rings. The number of carboxylic acids is 1. The molecule has 0 bridgehead atoms. The Morgan fingerprint density at radius 3 is 2.43 bits per heavy atom. The van der Waals surface area contributed by atoms with Gasteiger partial charge in [0, 0.05) is 12.7 Å². The molecular weight excluding hydrogens is 182 g/mol. The quantitative estimate of drug-likeness (QED) is 0.771. The Labute approximate surface area is 81.8 Å². The van der Waals surface area contributed by atoms with Crippen molar-refractivity contribution in [2.75, 3.05) is 0 Å². The van der Waals surface area contributed by atoms with E-state index in [1.165, 1.54) is 10.6 Å². The molecule has 0 radical (unpaired) electrons. The summed E-state index contributed by atoms with van der Waals surface area (Å²) in [5.41, 5.74) is 0.195. The van der Waals surface area contributed by atoms with Gasteiger partial charge in [-0.1, -0.05) is 13.8 Å². The maximum Gasteiger partial charge on any atom is 0.341 e. The lowest BCUT2D eigenvalue weighted by Gasteiger charge is -2.11. The maximum atomic E-state index is 11.5. The number of aromatic nitrogens is 1. The fourth-order valence-corrected chi connectivity index (χ4v) is 1.39. The van der Waals surface area contributed by atoms with Gasteiger partial charge in [-0.25, -0.2) is 4.79 Å². The predicted molar refractivity (Wildman–Crippen MR) is 52.7 cm³/mol. The number of carbonyl (C=O) groups is 1.